The molecule has 0 atom stereocenters. The monoisotopic (exact) mass is 328 g/mol. The molecule has 112 valence electrons. The molecule has 2 aromatic rings. The molecular formula is C13H13FN2O3S2. The number of rotatable bonds is 4. The van der Waals surface area contributed by atoms with Gasteiger partial charge in [0.05, 0.1) is 5.69 Å². The van der Waals surface area contributed by atoms with E-state index in [0.29, 0.717) is 5.69 Å². The number of carbonyl (C=O) groups excluding carboxylic acids is 1. The van der Waals surface area contributed by atoms with Gasteiger partial charge in [-0.15, -0.1) is 11.3 Å². The van der Waals surface area contributed by atoms with Crippen molar-refractivity contribution in [2.75, 3.05) is 18.4 Å². The van der Waals surface area contributed by atoms with Gasteiger partial charge in [0.15, 0.2) is 0 Å². The highest BCUT2D eigenvalue weighted by atomic mass is 32.2. The van der Waals surface area contributed by atoms with E-state index < -0.39 is 21.7 Å². The minimum Gasteiger partial charge on any atom is -0.354 e. The van der Waals surface area contributed by atoms with Gasteiger partial charge in [0, 0.05) is 14.1 Å². The molecule has 0 spiro atoms. The zero-order chi connectivity index (χ0) is 15.6. The molecule has 0 aliphatic rings. The summed E-state index contributed by atoms with van der Waals surface area (Å²) in [5.74, 6) is -0.915. The summed E-state index contributed by atoms with van der Waals surface area (Å²) in [6.45, 7) is 0. The Balaban J connectivity index is 2.45. The summed E-state index contributed by atoms with van der Waals surface area (Å²) in [6.07, 6.45) is 0. The van der Waals surface area contributed by atoms with Crippen LogP contribution in [0.5, 0.6) is 0 Å². The highest BCUT2D eigenvalue weighted by Gasteiger charge is 2.27. The Morgan fingerprint density at radius 1 is 1.24 bits per heavy atom. The molecule has 0 bridgehead atoms. The number of halogens is 1. The van der Waals surface area contributed by atoms with Crippen LogP contribution < -0.4 is 9.62 Å². The van der Waals surface area contributed by atoms with Crippen LogP contribution >= 0.6 is 11.3 Å². The standard InChI is InChI=1S/C13H13FN2O3S2/c1-15-13(17)12-11(7-8-20-12)21(18,19)16(2)10-5-3-9(14)4-6-10/h3-8H,1-2H3,(H,15,17). The van der Waals surface area contributed by atoms with Crippen molar-refractivity contribution < 1.29 is 17.6 Å². The average molecular weight is 328 g/mol. The van der Waals surface area contributed by atoms with Crippen LogP contribution in [0.2, 0.25) is 0 Å². The summed E-state index contributed by atoms with van der Waals surface area (Å²) in [5.41, 5.74) is 0.311. The third-order valence-corrected chi connectivity index (χ3v) is 5.76. The van der Waals surface area contributed by atoms with E-state index in [1.54, 1.807) is 0 Å². The summed E-state index contributed by atoms with van der Waals surface area (Å²) >= 11 is 1.05. The van der Waals surface area contributed by atoms with Crippen LogP contribution in [0.25, 0.3) is 0 Å². The molecule has 1 N–H and O–H groups in total. The second-order valence-electron chi connectivity index (χ2n) is 4.14. The fourth-order valence-corrected chi connectivity index (χ4v) is 4.26. The van der Waals surface area contributed by atoms with Gasteiger partial charge in [-0.2, -0.15) is 0 Å². The number of hydrogen-bond acceptors (Lipinski definition) is 4. The van der Waals surface area contributed by atoms with E-state index >= 15 is 0 Å². The first-order chi connectivity index (χ1) is 9.87. The number of nitrogens with zero attached hydrogens (tertiary/aromatic N) is 1. The summed E-state index contributed by atoms with van der Waals surface area (Å²) in [5, 5.41) is 3.94. The third-order valence-electron chi connectivity index (χ3n) is 2.89. The van der Waals surface area contributed by atoms with Gasteiger partial charge in [-0.05, 0) is 35.7 Å². The molecule has 0 saturated carbocycles. The predicted octanol–water partition coefficient (Wildman–Crippen LogP) is 2.07. The van der Waals surface area contributed by atoms with Gasteiger partial charge < -0.3 is 5.32 Å². The van der Waals surface area contributed by atoms with Crippen molar-refractivity contribution in [1.29, 1.82) is 0 Å². The van der Waals surface area contributed by atoms with Crippen LogP contribution in [0.4, 0.5) is 10.1 Å². The number of sulfonamides is 1. The first-order valence-electron chi connectivity index (χ1n) is 5.92. The van der Waals surface area contributed by atoms with Gasteiger partial charge in [0.2, 0.25) is 0 Å². The molecule has 0 radical (unpaired) electrons. The van der Waals surface area contributed by atoms with Crippen molar-refractivity contribution in [2.45, 2.75) is 4.90 Å². The molecule has 1 aromatic carbocycles. The molecule has 0 aliphatic heterocycles. The first-order valence-corrected chi connectivity index (χ1v) is 8.24. The molecule has 8 heteroatoms. The van der Waals surface area contributed by atoms with E-state index in [2.05, 4.69) is 5.32 Å². The number of nitrogens with one attached hydrogen (secondary N) is 1. The number of anilines is 1. The maximum absolute atomic E-state index is 12.9. The minimum absolute atomic E-state index is 0.0707. The molecule has 2 rings (SSSR count). The zero-order valence-corrected chi connectivity index (χ0v) is 13.0. The van der Waals surface area contributed by atoms with Crippen LogP contribution in [0.1, 0.15) is 9.67 Å². The lowest BCUT2D eigenvalue weighted by Crippen LogP contribution is -2.28. The van der Waals surface area contributed by atoms with E-state index in [4.69, 9.17) is 0 Å². The van der Waals surface area contributed by atoms with Crippen molar-refractivity contribution >= 4 is 33.0 Å². The van der Waals surface area contributed by atoms with Gasteiger partial charge in [0.25, 0.3) is 15.9 Å². The van der Waals surface area contributed by atoms with Crippen molar-refractivity contribution in [3.8, 4) is 0 Å². The number of carbonyl (C=O) groups is 1. The molecule has 0 fully saturated rings. The van der Waals surface area contributed by atoms with Crippen molar-refractivity contribution in [3.05, 3.63) is 46.4 Å². The summed E-state index contributed by atoms with van der Waals surface area (Å²) in [6, 6.07) is 6.45. The number of thiophene rings is 1. The lowest BCUT2D eigenvalue weighted by Gasteiger charge is -2.19. The van der Waals surface area contributed by atoms with Crippen LogP contribution in [-0.4, -0.2) is 28.4 Å². The highest BCUT2D eigenvalue weighted by Crippen LogP contribution is 2.27. The van der Waals surface area contributed by atoms with E-state index in [9.17, 15) is 17.6 Å². The quantitative estimate of drug-likeness (QED) is 0.934. The van der Waals surface area contributed by atoms with Crippen LogP contribution in [0.15, 0.2) is 40.6 Å². The predicted molar refractivity (Wildman–Crippen MR) is 79.7 cm³/mol. The second-order valence-corrected chi connectivity index (χ2v) is 7.00. The molecule has 21 heavy (non-hydrogen) atoms. The normalized spacial score (nSPS) is 11.2. The maximum atomic E-state index is 12.9. The van der Waals surface area contributed by atoms with E-state index in [0.717, 1.165) is 15.6 Å². The van der Waals surface area contributed by atoms with Crippen LogP contribution in [0, 0.1) is 5.82 Å². The second kappa shape index (κ2) is 5.82. The molecule has 5 nitrogen and oxygen atoms in total. The van der Waals surface area contributed by atoms with Crippen LogP contribution in [0.3, 0.4) is 0 Å². The number of benzene rings is 1. The lowest BCUT2D eigenvalue weighted by molar-refractivity contribution is 0.0964. The summed E-state index contributed by atoms with van der Waals surface area (Å²) in [7, 11) is -1.10. The minimum atomic E-state index is -3.89. The van der Waals surface area contributed by atoms with Gasteiger partial charge in [-0.25, -0.2) is 12.8 Å². The van der Waals surface area contributed by atoms with Crippen molar-refractivity contribution in [3.63, 3.8) is 0 Å². The molecular weight excluding hydrogens is 315 g/mol. The Bertz CT molecular complexity index is 754. The third kappa shape index (κ3) is 2.91. The Kier molecular flexibility index (Phi) is 4.29. The van der Waals surface area contributed by atoms with Gasteiger partial charge >= 0.3 is 0 Å². The smallest absolute Gasteiger partial charge is 0.265 e. The fraction of sp³-hybridized carbons (Fsp3) is 0.154. The number of amides is 1. The SMILES string of the molecule is CNC(=O)c1sccc1S(=O)(=O)N(C)c1ccc(F)cc1. The largest absolute Gasteiger partial charge is 0.354 e. The zero-order valence-electron chi connectivity index (χ0n) is 11.3. The molecule has 1 amide bonds. The molecule has 0 saturated heterocycles. The molecule has 0 unspecified atom stereocenters. The number of hydrogen-bond donors (Lipinski definition) is 1. The fourth-order valence-electron chi connectivity index (χ4n) is 1.72. The maximum Gasteiger partial charge on any atom is 0.265 e. The summed E-state index contributed by atoms with van der Waals surface area (Å²) < 4.78 is 39.1. The average Bonchev–Trinajstić information content (AvgIpc) is 2.96. The van der Waals surface area contributed by atoms with E-state index in [1.165, 1.54) is 49.8 Å². The van der Waals surface area contributed by atoms with Crippen molar-refractivity contribution in [1.82, 2.24) is 5.32 Å². The molecule has 1 heterocycles. The topological polar surface area (TPSA) is 66.5 Å². The van der Waals surface area contributed by atoms with Crippen LogP contribution in [-0.2, 0) is 10.0 Å². The Hall–Kier alpha value is -1.93. The first kappa shape index (κ1) is 15.5. The van der Waals surface area contributed by atoms with Gasteiger partial charge in [-0.1, -0.05) is 0 Å². The Morgan fingerprint density at radius 3 is 2.43 bits per heavy atom. The summed E-state index contributed by atoms with van der Waals surface area (Å²) in [4.78, 5) is 11.8. The van der Waals surface area contributed by atoms with Gasteiger partial charge in [-0.3, -0.25) is 9.10 Å². The Morgan fingerprint density at radius 2 is 1.86 bits per heavy atom. The lowest BCUT2D eigenvalue weighted by atomic mass is 10.3. The molecule has 1 aromatic heterocycles. The van der Waals surface area contributed by atoms with E-state index in [1.807, 2.05) is 0 Å². The van der Waals surface area contributed by atoms with Crippen molar-refractivity contribution in [2.24, 2.45) is 0 Å². The highest BCUT2D eigenvalue weighted by molar-refractivity contribution is 7.93. The van der Waals surface area contributed by atoms with Gasteiger partial charge in [0.1, 0.15) is 15.6 Å². The molecule has 0 aliphatic carbocycles. The Labute approximate surface area is 126 Å². The van der Waals surface area contributed by atoms with E-state index in [-0.39, 0.29) is 9.77 Å².